The van der Waals surface area contributed by atoms with Gasteiger partial charge in [0.25, 0.3) is 0 Å². The van der Waals surface area contributed by atoms with Crippen molar-refractivity contribution in [2.75, 3.05) is 0 Å². The van der Waals surface area contributed by atoms with Crippen molar-refractivity contribution in [1.29, 1.82) is 0 Å². The first-order chi connectivity index (χ1) is 4.27. The quantitative estimate of drug-likeness (QED) is 0.520. The first kappa shape index (κ1) is 5.72. The van der Waals surface area contributed by atoms with Crippen molar-refractivity contribution in [2.45, 2.75) is 32.2 Å². The fourth-order valence-corrected chi connectivity index (χ4v) is 2.12. The Hall–Kier alpha value is -0.0400. The lowest BCUT2D eigenvalue weighted by molar-refractivity contribution is 0.317. The molecule has 2 aliphatic carbocycles. The third-order valence-corrected chi connectivity index (χ3v) is 3.05. The summed E-state index contributed by atoms with van der Waals surface area (Å²) in [7, 11) is 0. The lowest BCUT2D eigenvalue weighted by atomic mass is 9.87. The van der Waals surface area contributed by atoms with Crippen molar-refractivity contribution in [2.24, 2.45) is 23.5 Å². The Kier molecular flexibility index (Phi) is 1.10. The highest BCUT2D eigenvalue weighted by Gasteiger charge is 2.43. The maximum atomic E-state index is 5.90. The van der Waals surface area contributed by atoms with Crippen molar-refractivity contribution >= 4 is 0 Å². The molecule has 4 atom stereocenters. The molecule has 2 N–H and O–H groups in total. The predicted molar refractivity (Wildman–Crippen MR) is 38.0 cm³/mol. The minimum atomic E-state index is 0.522. The maximum Gasteiger partial charge on any atom is 0.00673 e. The summed E-state index contributed by atoms with van der Waals surface area (Å²) in [5.74, 6) is 2.92. The van der Waals surface area contributed by atoms with E-state index in [-0.39, 0.29) is 0 Å². The molecule has 2 aliphatic rings. The Morgan fingerprint density at radius 1 is 1.11 bits per heavy atom. The fourth-order valence-electron chi connectivity index (χ4n) is 2.12. The third-order valence-electron chi connectivity index (χ3n) is 3.05. The smallest absolute Gasteiger partial charge is 0.00673 e. The Morgan fingerprint density at radius 2 is 1.78 bits per heavy atom. The van der Waals surface area contributed by atoms with Gasteiger partial charge in [0.15, 0.2) is 0 Å². The van der Waals surface area contributed by atoms with Crippen LogP contribution in [0.5, 0.6) is 0 Å². The van der Waals surface area contributed by atoms with Crippen LogP contribution in [0, 0.1) is 17.8 Å². The molecule has 2 saturated carbocycles. The van der Waals surface area contributed by atoms with Crippen LogP contribution in [-0.4, -0.2) is 6.04 Å². The summed E-state index contributed by atoms with van der Waals surface area (Å²) in [5, 5.41) is 0. The summed E-state index contributed by atoms with van der Waals surface area (Å²) in [6.45, 7) is 2.29. The second-order valence-corrected chi connectivity index (χ2v) is 3.87. The molecular formula is C8H15N. The number of fused-ring (bicyclic) bond motifs is 1. The molecule has 0 aromatic rings. The molecule has 52 valence electrons. The molecule has 0 aromatic heterocycles. The van der Waals surface area contributed by atoms with Crippen LogP contribution in [0.15, 0.2) is 0 Å². The van der Waals surface area contributed by atoms with Gasteiger partial charge in [0, 0.05) is 6.04 Å². The lowest BCUT2D eigenvalue weighted by Crippen LogP contribution is -2.32. The maximum absolute atomic E-state index is 5.90. The van der Waals surface area contributed by atoms with Crippen LogP contribution < -0.4 is 5.73 Å². The van der Waals surface area contributed by atoms with Crippen LogP contribution >= 0.6 is 0 Å². The Labute approximate surface area is 56.6 Å². The Balaban J connectivity index is 1.98. The van der Waals surface area contributed by atoms with Crippen LogP contribution in [0.4, 0.5) is 0 Å². The molecular weight excluding hydrogens is 110 g/mol. The summed E-state index contributed by atoms with van der Waals surface area (Å²) in [6.07, 6.45) is 4.20. The molecule has 4 unspecified atom stereocenters. The third kappa shape index (κ3) is 0.877. The molecule has 0 aliphatic heterocycles. The largest absolute Gasteiger partial charge is 0.327 e. The molecule has 0 bridgehead atoms. The van der Waals surface area contributed by atoms with Gasteiger partial charge in [-0.2, -0.15) is 0 Å². The number of hydrogen-bond donors (Lipinski definition) is 1. The van der Waals surface area contributed by atoms with Gasteiger partial charge in [0.1, 0.15) is 0 Å². The van der Waals surface area contributed by atoms with Gasteiger partial charge in [0.05, 0.1) is 0 Å². The van der Waals surface area contributed by atoms with Crippen molar-refractivity contribution < 1.29 is 0 Å². The summed E-state index contributed by atoms with van der Waals surface area (Å²) in [6, 6.07) is 0.522. The summed E-state index contributed by atoms with van der Waals surface area (Å²) < 4.78 is 0. The zero-order valence-corrected chi connectivity index (χ0v) is 6.01. The molecule has 0 radical (unpaired) electrons. The standard InChI is InChI=1S/C8H15N/c1-5-2-6-3-7(6)4-8(5)9/h5-8H,2-4,9H2,1H3. The monoisotopic (exact) mass is 125 g/mol. The van der Waals surface area contributed by atoms with Crippen molar-refractivity contribution in [3.05, 3.63) is 0 Å². The number of nitrogens with two attached hydrogens (primary N) is 1. The van der Waals surface area contributed by atoms with Crippen molar-refractivity contribution in [1.82, 2.24) is 0 Å². The first-order valence-electron chi connectivity index (χ1n) is 4.03. The van der Waals surface area contributed by atoms with E-state index in [4.69, 9.17) is 5.73 Å². The summed E-state index contributed by atoms with van der Waals surface area (Å²) in [4.78, 5) is 0. The van der Waals surface area contributed by atoms with Crippen LogP contribution in [-0.2, 0) is 0 Å². The Bertz CT molecular complexity index is 108. The van der Waals surface area contributed by atoms with E-state index in [2.05, 4.69) is 6.92 Å². The van der Waals surface area contributed by atoms with Crippen LogP contribution in [0.3, 0.4) is 0 Å². The number of rotatable bonds is 0. The van der Waals surface area contributed by atoms with E-state index < -0.39 is 0 Å². The summed E-state index contributed by atoms with van der Waals surface area (Å²) in [5.41, 5.74) is 5.90. The van der Waals surface area contributed by atoms with E-state index >= 15 is 0 Å². The number of hydrogen-bond acceptors (Lipinski definition) is 1. The lowest BCUT2D eigenvalue weighted by Gasteiger charge is -2.24. The second kappa shape index (κ2) is 1.72. The zero-order valence-electron chi connectivity index (χ0n) is 6.01. The Morgan fingerprint density at radius 3 is 2.44 bits per heavy atom. The van der Waals surface area contributed by atoms with E-state index in [9.17, 15) is 0 Å². The molecule has 2 rings (SSSR count). The summed E-state index contributed by atoms with van der Waals surface area (Å²) >= 11 is 0. The predicted octanol–water partition coefficient (Wildman–Crippen LogP) is 1.38. The van der Waals surface area contributed by atoms with Gasteiger partial charge in [-0.3, -0.25) is 0 Å². The normalized spacial score (nSPS) is 56.7. The highest BCUT2D eigenvalue weighted by atomic mass is 14.7. The van der Waals surface area contributed by atoms with Crippen LogP contribution in [0.25, 0.3) is 0 Å². The highest BCUT2D eigenvalue weighted by molar-refractivity contribution is 4.96. The molecule has 0 heterocycles. The molecule has 1 heteroatoms. The highest BCUT2D eigenvalue weighted by Crippen LogP contribution is 2.50. The molecule has 9 heavy (non-hydrogen) atoms. The average molecular weight is 125 g/mol. The van der Waals surface area contributed by atoms with Crippen LogP contribution in [0.2, 0.25) is 0 Å². The van der Waals surface area contributed by atoms with Crippen molar-refractivity contribution in [3.8, 4) is 0 Å². The molecule has 0 aromatic carbocycles. The molecule has 0 spiro atoms. The van der Waals surface area contributed by atoms with Gasteiger partial charge in [-0.25, -0.2) is 0 Å². The van der Waals surface area contributed by atoms with Gasteiger partial charge >= 0.3 is 0 Å². The minimum absolute atomic E-state index is 0.522. The van der Waals surface area contributed by atoms with Gasteiger partial charge in [-0.15, -0.1) is 0 Å². The first-order valence-corrected chi connectivity index (χ1v) is 4.03. The van der Waals surface area contributed by atoms with Crippen LogP contribution in [0.1, 0.15) is 26.2 Å². The van der Waals surface area contributed by atoms with E-state index in [0.29, 0.717) is 6.04 Å². The molecule has 2 fully saturated rings. The topological polar surface area (TPSA) is 26.0 Å². The van der Waals surface area contributed by atoms with Gasteiger partial charge in [-0.05, 0) is 37.0 Å². The molecule has 0 saturated heterocycles. The van der Waals surface area contributed by atoms with Gasteiger partial charge in [-0.1, -0.05) is 6.92 Å². The SMILES string of the molecule is CC1CC2CC2CC1N. The molecule has 0 amide bonds. The minimum Gasteiger partial charge on any atom is -0.327 e. The van der Waals surface area contributed by atoms with E-state index in [1.54, 1.807) is 0 Å². The second-order valence-electron chi connectivity index (χ2n) is 3.87. The van der Waals surface area contributed by atoms with Gasteiger partial charge in [0.2, 0.25) is 0 Å². The van der Waals surface area contributed by atoms with E-state index in [0.717, 1.165) is 17.8 Å². The van der Waals surface area contributed by atoms with E-state index in [1.807, 2.05) is 0 Å². The van der Waals surface area contributed by atoms with Gasteiger partial charge < -0.3 is 5.73 Å². The average Bonchev–Trinajstić information content (AvgIpc) is 2.46. The molecule has 1 nitrogen and oxygen atoms in total. The van der Waals surface area contributed by atoms with Crippen molar-refractivity contribution in [3.63, 3.8) is 0 Å². The fraction of sp³-hybridized carbons (Fsp3) is 1.00. The van der Waals surface area contributed by atoms with E-state index in [1.165, 1.54) is 19.3 Å². The zero-order chi connectivity index (χ0) is 6.43.